The maximum Gasteiger partial charge on any atom is 0.224 e. The molecule has 1 aromatic carbocycles. The van der Waals surface area contributed by atoms with Crippen molar-refractivity contribution in [2.24, 2.45) is 5.92 Å². The van der Waals surface area contributed by atoms with Gasteiger partial charge in [-0.2, -0.15) is 0 Å². The minimum absolute atomic E-state index is 0.112. The van der Waals surface area contributed by atoms with Crippen molar-refractivity contribution in [2.75, 3.05) is 31.5 Å². The Morgan fingerprint density at radius 2 is 1.88 bits per heavy atom. The summed E-state index contributed by atoms with van der Waals surface area (Å²) in [5, 5.41) is 15.6. The monoisotopic (exact) mass is 347 g/mol. The Kier molecular flexibility index (Phi) is 7.40. The van der Waals surface area contributed by atoms with Crippen molar-refractivity contribution in [3.05, 3.63) is 29.8 Å². The quantitative estimate of drug-likeness (QED) is 0.696. The molecule has 1 atom stereocenters. The molecule has 0 aromatic heterocycles. The molecule has 1 aliphatic rings. The van der Waals surface area contributed by atoms with Gasteiger partial charge in [0.2, 0.25) is 11.8 Å². The molecule has 1 aromatic rings. The van der Waals surface area contributed by atoms with Gasteiger partial charge in [-0.15, -0.1) is 0 Å². The molecule has 2 amide bonds. The number of rotatable bonds is 7. The summed E-state index contributed by atoms with van der Waals surface area (Å²) >= 11 is 0. The van der Waals surface area contributed by atoms with Gasteiger partial charge < -0.3 is 20.6 Å². The molecule has 0 spiro atoms. The zero-order valence-electron chi connectivity index (χ0n) is 15.1. The Bertz CT molecular complexity index is 566. The van der Waals surface area contributed by atoms with E-state index in [9.17, 15) is 14.7 Å². The van der Waals surface area contributed by atoms with Crippen molar-refractivity contribution < 1.29 is 14.7 Å². The second-order valence-corrected chi connectivity index (χ2v) is 7.00. The van der Waals surface area contributed by atoms with Crippen LogP contribution in [-0.4, -0.2) is 54.1 Å². The lowest BCUT2D eigenvalue weighted by Crippen LogP contribution is -2.43. The number of carbonyl (C=O) groups is 2. The van der Waals surface area contributed by atoms with Gasteiger partial charge in [-0.3, -0.25) is 9.59 Å². The number of nitrogens with zero attached hydrogens (tertiary/aromatic N) is 1. The van der Waals surface area contributed by atoms with Crippen LogP contribution in [0.15, 0.2) is 24.3 Å². The van der Waals surface area contributed by atoms with Gasteiger partial charge in [-0.05, 0) is 49.5 Å². The van der Waals surface area contributed by atoms with E-state index >= 15 is 0 Å². The molecule has 1 heterocycles. The molecule has 0 radical (unpaired) electrons. The lowest BCUT2D eigenvalue weighted by molar-refractivity contribution is -0.121. The van der Waals surface area contributed by atoms with E-state index in [-0.39, 0.29) is 24.8 Å². The standard InChI is InChI=1S/C19H29N3O3/c1-14-7-9-22(10-8-14)13-18(24)12-20-19(25)11-16-3-5-17(6-4-16)21-15(2)23/h3-6,14,18,24H,7-13H2,1-2H3,(H,20,25)(H,21,23). The molecular weight excluding hydrogens is 318 g/mol. The summed E-state index contributed by atoms with van der Waals surface area (Å²) in [6.07, 6.45) is 2.06. The second-order valence-electron chi connectivity index (χ2n) is 7.00. The Hall–Kier alpha value is -1.92. The van der Waals surface area contributed by atoms with Gasteiger partial charge in [-0.1, -0.05) is 19.1 Å². The largest absolute Gasteiger partial charge is 0.390 e. The van der Waals surface area contributed by atoms with Crippen LogP contribution in [0.3, 0.4) is 0 Å². The number of benzene rings is 1. The van der Waals surface area contributed by atoms with Crippen molar-refractivity contribution in [2.45, 2.75) is 39.2 Å². The van der Waals surface area contributed by atoms with Crippen LogP contribution in [0.2, 0.25) is 0 Å². The van der Waals surface area contributed by atoms with Crippen LogP contribution in [0, 0.1) is 5.92 Å². The van der Waals surface area contributed by atoms with Crippen molar-refractivity contribution in [3.8, 4) is 0 Å². The molecule has 3 N–H and O–H groups in total. The van der Waals surface area contributed by atoms with Crippen molar-refractivity contribution in [1.29, 1.82) is 0 Å². The molecular formula is C19H29N3O3. The fourth-order valence-electron chi connectivity index (χ4n) is 3.00. The van der Waals surface area contributed by atoms with Gasteiger partial charge in [0.15, 0.2) is 0 Å². The van der Waals surface area contributed by atoms with E-state index in [1.807, 2.05) is 12.1 Å². The molecule has 0 saturated carbocycles. The molecule has 1 fully saturated rings. The summed E-state index contributed by atoms with van der Waals surface area (Å²) in [5.74, 6) is 0.534. The van der Waals surface area contributed by atoms with E-state index in [2.05, 4.69) is 22.5 Å². The second kappa shape index (κ2) is 9.53. The van der Waals surface area contributed by atoms with E-state index in [1.54, 1.807) is 12.1 Å². The molecule has 0 bridgehead atoms. The van der Waals surface area contributed by atoms with Crippen molar-refractivity contribution in [1.82, 2.24) is 10.2 Å². The van der Waals surface area contributed by atoms with E-state index < -0.39 is 6.10 Å². The first-order chi connectivity index (χ1) is 11.9. The summed E-state index contributed by atoms with van der Waals surface area (Å²) in [4.78, 5) is 25.3. The first-order valence-electron chi connectivity index (χ1n) is 8.96. The Balaban J connectivity index is 1.68. The molecule has 1 aliphatic heterocycles. The highest BCUT2D eigenvalue weighted by atomic mass is 16.3. The highest BCUT2D eigenvalue weighted by Gasteiger charge is 2.18. The van der Waals surface area contributed by atoms with Crippen LogP contribution in [0.5, 0.6) is 0 Å². The number of likely N-dealkylation sites (tertiary alicyclic amines) is 1. The van der Waals surface area contributed by atoms with E-state index in [4.69, 9.17) is 0 Å². The molecule has 2 rings (SSSR count). The SMILES string of the molecule is CC(=O)Nc1ccc(CC(=O)NCC(O)CN2CCC(C)CC2)cc1. The zero-order chi connectivity index (χ0) is 18.2. The lowest BCUT2D eigenvalue weighted by atomic mass is 9.99. The number of aliphatic hydroxyl groups excluding tert-OH is 1. The minimum atomic E-state index is -0.542. The maximum atomic E-state index is 12.0. The first-order valence-corrected chi connectivity index (χ1v) is 8.96. The summed E-state index contributed by atoms with van der Waals surface area (Å²) in [6.45, 7) is 6.64. The van der Waals surface area contributed by atoms with Gasteiger partial charge in [0, 0.05) is 25.7 Å². The van der Waals surface area contributed by atoms with Crippen LogP contribution in [0.4, 0.5) is 5.69 Å². The maximum absolute atomic E-state index is 12.0. The van der Waals surface area contributed by atoms with E-state index in [0.717, 1.165) is 24.6 Å². The average molecular weight is 347 g/mol. The highest BCUT2D eigenvalue weighted by molar-refractivity contribution is 5.88. The highest BCUT2D eigenvalue weighted by Crippen LogP contribution is 2.15. The first kappa shape index (κ1) is 19.4. The summed E-state index contributed by atoms with van der Waals surface area (Å²) < 4.78 is 0. The topological polar surface area (TPSA) is 81.7 Å². The van der Waals surface area contributed by atoms with Gasteiger partial charge in [-0.25, -0.2) is 0 Å². The number of hydrogen-bond donors (Lipinski definition) is 3. The van der Waals surface area contributed by atoms with Crippen molar-refractivity contribution in [3.63, 3.8) is 0 Å². The molecule has 6 nitrogen and oxygen atoms in total. The van der Waals surface area contributed by atoms with E-state index in [0.29, 0.717) is 12.2 Å². The number of hydrogen-bond acceptors (Lipinski definition) is 4. The summed E-state index contributed by atoms with van der Waals surface area (Å²) in [7, 11) is 0. The Labute approximate surface area is 149 Å². The van der Waals surface area contributed by atoms with Crippen LogP contribution in [0.1, 0.15) is 32.3 Å². The van der Waals surface area contributed by atoms with Crippen molar-refractivity contribution >= 4 is 17.5 Å². The van der Waals surface area contributed by atoms with Gasteiger partial charge in [0.05, 0.1) is 12.5 Å². The third-order valence-corrected chi connectivity index (χ3v) is 4.52. The fraction of sp³-hybridized carbons (Fsp3) is 0.579. The smallest absolute Gasteiger partial charge is 0.224 e. The third kappa shape index (κ3) is 7.23. The zero-order valence-corrected chi connectivity index (χ0v) is 15.1. The third-order valence-electron chi connectivity index (χ3n) is 4.52. The van der Waals surface area contributed by atoms with Gasteiger partial charge in [0.25, 0.3) is 0 Å². The predicted molar refractivity (Wildman–Crippen MR) is 98.3 cm³/mol. The molecule has 138 valence electrons. The summed E-state index contributed by atoms with van der Waals surface area (Å²) in [6, 6.07) is 7.18. The Morgan fingerprint density at radius 3 is 2.48 bits per heavy atom. The lowest BCUT2D eigenvalue weighted by Gasteiger charge is -2.31. The number of aliphatic hydroxyl groups is 1. The normalized spacial score (nSPS) is 17.1. The van der Waals surface area contributed by atoms with E-state index in [1.165, 1.54) is 19.8 Å². The number of piperidine rings is 1. The number of amides is 2. The average Bonchev–Trinajstić information content (AvgIpc) is 2.56. The predicted octanol–water partition coefficient (Wildman–Crippen LogP) is 1.40. The number of carbonyl (C=O) groups excluding carboxylic acids is 2. The summed E-state index contributed by atoms with van der Waals surface area (Å²) in [5.41, 5.74) is 1.58. The van der Waals surface area contributed by atoms with Crippen LogP contribution < -0.4 is 10.6 Å². The molecule has 0 aliphatic carbocycles. The van der Waals surface area contributed by atoms with Gasteiger partial charge in [0.1, 0.15) is 0 Å². The molecule has 25 heavy (non-hydrogen) atoms. The van der Waals surface area contributed by atoms with Gasteiger partial charge >= 0.3 is 0 Å². The van der Waals surface area contributed by atoms with Crippen LogP contribution in [-0.2, 0) is 16.0 Å². The minimum Gasteiger partial charge on any atom is -0.390 e. The Morgan fingerprint density at radius 1 is 1.24 bits per heavy atom. The van der Waals surface area contributed by atoms with Crippen LogP contribution >= 0.6 is 0 Å². The fourth-order valence-corrected chi connectivity index (χ4v) is 3.00. The van der Waals surface area contributed by atoms with Crippen LogP contribution in [0.25, 0.3) is 0 Å². The number of anilines is 1. The number of nitrogens with one attached hydrogen (secondary N) is 2. The molecule has 1 unspecified atom stereocenters. The number of β-amino-alcohol motifs (C(OH)–C–C–N with tert-alkyl or cyclic N) is 1. The molecule has 6 heteroatoms. The molecule has 1 saturated heterocycles.